The normalized spacial score (nSPS) is 19.6. The topological polar surface area (TPSA) is 96.5 Å². The third kappa shape index (κ3) is 3.54. The van der Waals surface area contributed by atoms with Gasteiger partial charge in [-0.05, 0) is 31.3 Å². The zero-order valence-electron chi connectivity index (χ0n) is 11.0. The molecule has 1 atom stereocenters. The number of carbonyl (C=O) groups excluding carboxylic acids is 1. The maximum absolute atomic E-state index is 11.9. The highest BCUT2D eigenvalue weighted by molar-refractivity contribution is 7.89. The highest BCUT2D eigenvalue weighted by Crippen LogP contribution is 2.14. The van der Waals surface area contributed by atoms with Crippen molar-refractivity contribution in [3.63, 3.8) is 0 Å². The molecule has 0 saturated carbocycles. The summed E-state index contributed by atoms with van der Waals surface area (Å²) in [7, 11) is -2.12. The summed E-state index contributed by atoms with van der Waals surface area (Å²) in [6, 6.07) is 5.94. The zero-order chi connectivity index (χ0) is 14.6. The molecule has 0 radical (unpaired) electrons. The Balaban J connectivity index is 2.02. The van der Waals surface area contributed by atoms with E-state index in [0.29, 0.717) is 18.8 Å². The van der Waals surface area contributed by atoms with Crippen LogP contribution in [0.1, 0.15) is 0 Å². The molecule has 110 valence electrons. The average molecular weight is 299 g/mol. The lowest BCUT2D eigenvalue weighted by atomic mass is 10.2. The Morgan fingerprint density at radius 1 is 1.35 bits per heavy atom. The van der Waals surface area contributed by atoms with Gasteiger partial charge in [0.25, 0.3) is 5.91 Å². The predicted octanol–water partition coefficient (Wildman–Crippen LogP) is -0.478. The largest absolute Gasteiger partial charge is 0.366 e. The van der Waals surface area contributed by atoms with Crippen molar-refractivity contribution >= 4 is 21.6 Å². The fourth-order valence-corrected chi connectivity index (χ4v) is 2.52. The van der Waals surface area contributed by atoms with Crippen LogP contribution < -0.4 is 15.4 Å². The first-order valence-corrected chi connectivity index (χ1v) is 7.68. The lowest BCUT2D eigenvalue weighted by Crippen LogP contribution is -2.45. The molecule has 1 unspecified atom stereocenters. The maximum Gasteiger partial charge on any atom is 0.254 e. The van der Waals surface area contributed by atoms with E-state index in [1.165, 1.54) is 19.2 Å². The average Bonchev–Trinajstić information content (AvgIpc) is 2.48. The van der Waals surface area contributed by atoms with Crippen molar-refractivity contribution in [2.45, 2.75) is 11.0 Å². The fourth-order valence-electron chi connectivity index (χ4n) is 1.79. The van der Waals surface area contributed by atoms with E-state index in [1.807, 2.05) is 0 Å². The minimum Gasteiger partial charge on any atom is -0.366 e. The van der Waals surface area contributed by atoms with Crippen LogP contribution in [-0.4, -0.2) is 47.2 Å². The molecule has 1 heterocycles. The van der Waals surface area contributed by atoms with Crippen molar-refractivity contribution in [1.82, 2.24) is 10.0 Å². The molecular formula is C12H17N3O4S. The number of amides is 1. The summed E-state index contributed by atoms with van der Waals surface area (Å²) in [4.78, 5) is 12.0. The number of morpholine rings is 1. The Labute approximate surface area is 117 Å². The second-order valence-corrected chi connectivity index (χ2v) is 6.17. The minimum atomic E-state index is -3.46. The molecule has 1 aliphatic rings. The molecule has 8 heteroatoms. The molecule has 20 heavy (non-hydrogen) atoms. The number of carbonyl (C=O) groups is 1. The van der Waals surface area contributed by atoms with Gasteiger partial charge in [0.2, 0.25) is 10.0 Å². The van der Waals surface area contributed by atoms with E-state index >= 15 is 0 Å². The number of ether oxygens (including phenoxy) is 1. The van der Waals surface area contributed by atoms with Crippen molar-refractivity contribution in [3.05, 3.63) is 24.3 Å². The van der Waals surface area contributed by atoms with E-state index in [4.69, 9.17) is 4.74 Å². The molecule has 0 bridgehead atoms. The zero-order valence-corrected chi connectivity index (χ0v) is 11.9. The van der Waals surface area contributed by atoms with Gasteiger partial charge < -0.3 is 15.4 Å². The van der Waals surface area contributed by atoms with E-state index in [1.54, 1.807) is 12.1 Å². The molecule has 0 aromatic heterocycles. The Kier molecular flexibility index (Phi) is 4.71. The standard InChI is InChI=1S/C12H17N3O4S/c1-13-20(17,18)10-4-2-9(3-5-10)15-12(16)11-8-14-6-7-19-11/h2-5,11,13-14H,6-8H2,1H3,(H,15,16). The highest BCUT2D eigenvalue weighted by atomic mass is 32.2. The highest BCUT2D eigenvalue weighted by Gasteiger charge is 2.21. The number of hydrogen-bond donors (Lipinski definition) is 3. The summed E-state index contributed by atoms with van der Waals surface area (Å²) in [6.45, 7) is 1.70. The van der Waals surface area contributed by atoms with Crippen molar-refractivity contribution < 1.29 is 17.9 Å². The summed E-state index contributed by atoms with van der Waals surface area (Å²) in [5.41, 5.74) is 0.527. The number of benzene rings is 1. The van der Waals surface area contributed by atoms with Crippen LogP contribution in [0, 0.1) is 0 Å². The Bertz CT molecular complexity index is 565. The summed E-state index contributed by atoms with van der Waals surface area (Å²) < 4.78 is 30.7. The Hall–Kier alpha value is -1.48. The van der Waals surface area contributed by atoms with Gasteiger partial charge in [-0.3, -0.25) is 4.79 Å². The van der Waals surface area contributed by atoms with E-state index in [2.05, 4.69) is 15.4 Å². The number of hydrogen-bond acceptors (Lipinski definition) is 5. The van der Waals surface area contributed by atoms with Crippen molar-refractivity contribution in [3.8, 4) is 0 Å². The van der Waals surface area contributed by atoms with E-state index < -0.39 is 16.1 Å². The molecule has 1 aromatic rings. The van der Waals surface area contributed by atoms with Crippen LogP contribution in [0.4, 0.5) is 5.69 Å². The third-order valence-corrected chi connectivity index (χ3v) is 4.35. The first-order valence-electron chi connectivity index (χ1n) is 6.20. The first kappa shape index (κ1) is 14.9. The van der Waals surface area contributed by atoms with Gasteiger partial charge in [-0.1, -0.05) is 0 Å². The van der Waals surface area contributed by atoms with Crippen LogP contribution in [0.5, 0.6) is 0 Å². The van der Waals surface area contributed by atoms with Crippen LogP contribution in [-0.2, 0) is 19.6 Å². The molecule has 1 saturated heterocycles. The smallest absolute Gasteiger partial charge is 0.254 e. The molecule has 1 fully saturated rings. The lowest BCUT2D eigenvalue weighted by Gasteiger charge is -2.22. The van der Waals surface area contributed by atoms with Gasteiger partial charge in [-0.2, -0.15) is 0 Å². The summed E-state index contributed by atoms with van der Waals surface area (Å²) in [5, 5.41) is 5.75. The first-order chi connectivity index (χ1) is 9.53. The van der Waals surface area contributed by atoms with Crippen LogP contribution >= 0.6 is 0 Å². The summed E-state index contributed by atoms with van der Waals surface area (Å²) >= 11 is 0. The molecule has 1 aliphatic heterocycles. The number of anilines is 1. The van der Waals surface area contributed by atoms with Crippen LogP contribution in [0.25, 0.3) is 0 Å². The molecule has 1 amide bonds. The molecule has 7 nitrogen and oxygen atoms in total. The number of rotatable bonds is 4. The van der Waals surface area contributed by atoms with Gasteiger partial charge in [0, 0.05) is 18.8 Å². The fraction of sp³-hybridized carbons (Fsp3) is 0.417. The second kappa shape index (κ2) is 6.31. The van der Waals surface area contributed by atoms with Crippen molar-refractivity contribution in [2.75, 3.05) is 32.1 Å². The van der Waals surface area contributed by atoms with Crippen molar-refractivity contribution in [1.29, 1.82) is 0 Å². The quantitative estimate of drug-likeness (QED) is 0.698. The third-order valence-electron chi connectivity index (χ3n) is 2.92. The number of nitrogens with one attached hydrogen (secondary N) is 3. The van der Waals surface area contributed by atoms with Gasteiger partial charge in [-0.15, -0.1) is 0 Å². The second-order valence-electron chi connectivity index (χ2n) is 4.28. The number of sulfonamides is 1. The Morgan fingerprint density at radius 3 is 2.60 bits per heavy atom. The molecule has 1 aromatic carbocycles. The maximum atomic E-state index is 11.9. The lowest BCUT2D eigenvalue weighted by molar-refractivity contribution is -0.128. The van der Waals surface area contributed by atoms with Crippen LogP contribution in [0.3, 0.4) is 0 Å². The van der Waals surface area contributed by atoms with Crippen molar-refractivity contribution in [2.24, 2.45) is 0 Å². The monoisotopic (exact) mass is 299 g/mol. The van der Waals surface area contributed by atoms with Gasteiger partial charge in [0.15, 0.2) is 0 Å². The SMILES string of the molecule is CNS(=O)(=O)c1ccc(NC(=O)C2CNCCO2)cc1. The molecule has 2 rings (SSSR count). The molecule has 0 spiro atoms. The summed E-state index contributed by atoms with van der Waals surface area (Å²) in [5.74, 6) is -0.249. The predicted molar refractivity (Wildman–Crippen MR) is 73.9 cm³/mol. The minimum absolute atomic E-state index is 0.147. The van der Waals surface area contributed by atoms with Gasteiger partial charge >= 0.3 is 0 Å². The van der Waals surface area contributed by atoms with Gasteiger partial charge in [0.1, 0.15) is 6.10 Å². The Morgan fingerprint density at radius 2 is 2.05 bits per heavy atom. The van der Waals surface area contributed by atoms with E-state index in [-0.39, 0.29) is 10.8 Å². The van der Waals surface area contributed by atoms with E-state index in [0.717, 1.165) is 6.54 Å². The molecule has 0 aliphatic carbocycles. The van der Waals surface area contributed by atoms with Crippen LogP contribution in [0.15, 0.2) is 29.2 Å². The molecular weight excluding hydrogens is 282 g/mol. The van der Waals surface area contributed by atoms with E-state index in [9.17, 15) is 13.2 Å². The van der Waals surface area contributed by atoms with Gasteiger partial charge in [0.05, 0.1) is 11.5 Å². The van der Waals surface area contributed by atoms with Crippen LogP contribution in [0.2, 0.25) is 0 Å². The summed E-state index contributed by atoms with van der Waals surface area (Å²) in [6.07, 6.45) is -0.524. The van der Waals surface area contributed by atoms with Gasteiger partial charge in [-0.25, -0.2) is 13.1 Å². The molecule has 3 N–H and O–H groups in total.